The van der Waals surface area contributed by atoms with Gasteiger partial charge in [0.05, 0.1) is 22.8 Å². The average molecular weight is 394 g/mol. The number of rotatable bonds is 6. The normalized spacial score (nSPS) is 16.8. The van der Waals surface area contributed by atoms with Crippen molar-refractivity contribution in [2.45, 2.75) is 20.3 Å². The van der Waals surface area contributed by atoms with Gasteiger partial charge < -0.3 is 4.74 Å². The molecule has 3 rings (SSSR count). The zero-order chi connectivity index (χ0) is 19.9. The fraction of sp³-hybridized carbons (Fsp3) is 0.227. The number of amides is 1. The van der Waals surface area contributed by atoms with E-state index in [1.54, 1.807) is 24.0 Å². The van der Waals surface area contributed by atoms with Gasteiger partial charge >= 0.3 is 5.97 Å². The van der Waals surface area contributed by atoms with E-state index in [1.165, 1.54) is 11.8 Å². The van der Waals surface area contributed by atoms with Crippen molar-refractivity contribution in [2.24, 2.45) is 4.99 Å². The SMILES string of the molecule is CCCN1C(=O)/C(=C/c2ccc(C(=O)OCC)cc2)SC1=Nc1ccccc1. The molecule has 6 heteroatoms. The number of esters is 1. The molecule has 1 aliphatic heterocycles. The minimum absolute atomic E-state index is 0.0454. The van der Waals surface area contributed by atoms with Gasteiger partial charge in [-0.05, 0) is 61.0 Å². The number of benzene rings is 2. The van der Waals surface area contributed by atoms with E-state index in [1.807, 2.05) is 55.5 Å². The summed E-state index contributed by atoms with van der Waals surface area (Å²) in [6.45, 7) is 4.77. The largest absolute Gasteiger partial charge is 0.462 e. The summed E-state index contributed by atoms with van der Waals surface area (Å²) in [5.74, 6) is -0.393. The minimum atomic E-state index is -0.348. The van der Waals surface area contributed by atoms with Crippen molar-refractivity contribution in [3.8, 4) is 0 Å². The van der Waals surface area contributed by atoms with E-state index in [-0.39, 0.29) is 11.9 Å². The molecular weight excluding hydrogens is 372 g/mol. The van der Waals surface area contributed by atoms with Crippen LogP contribution in [0.15, 0.2) is 64.5 Å². The van der Waals surface area contributed by atoms with Crippen molar-refractivity contribution in [3.05, 3.63) is 70.6 Å². The van der Waals surface area contributed by atoms with Crippen LogP contribution in [-0.2, 0) is 9.53 Å². The monoisotopic (exact) mass is 394 g/mol. The Morgan fingerprint density at radius 2 is 1.82 bits per heavy atom. The highest BCUT2D eigenvalue weighted by atomic mass is 32.2. The van der Waals surface area contributed by atoms with Crippen LogP contribution in [0.5, 0.6) is 0 Å². The van der Waals surface area contributed by atoms with E-state index < -0.39 is 0 Å². The van der Waals surface area contributed by atoms with Crippen LogP contribution in [0, 0.1) is 0 Å². The molecule has 1 fully saturated rings. The quantitative estimate of drug-likeness (QED) is 0.518. The summed E-state index contributed by atoms with van der Waals surface area (Å²) >= 11 is 1.37. The zero-order valence-corrected chi connectivity index (χ0v) is 16.7. The van der Waals surface area contributed by atoms with E-state index >= 15 is 0 Å². The first-order chi connectivity index (χ1) is 13.6. The summed E-state index contributed by atoms with van der Waals surface area (Å²) in [6.07, 6.45) is 2.68. The molecule has 2 aromatic rings. The third kappa shape index (κ3) is 4.70. The van der Waals surface area contributed by atoms with Gasteiger partial charge in [-0.25, -0.2) is 9.79 Å². The zero-order valence-electron chi connectivity index (χ0n) is 15.9. The molecule has 0 aromatic heterocycles. The Morgan fingerprint density at radius 3 is 2.46 bits per heavy atom. The molecule has 1 amide bonds. The van der Waals surface area contributed by atoms with Crippen LogP contribution in [0.3, 0.4) is 0 Å². The lowest BCUT2D eigenvalue weighted by atomic mass is 10.1. The number of carbonyl (C=O) groups is 2. The molecule has 0 unspecified atom stereocenters. The summed E-state index contributed by atoms with van der Waals surface area (Å²) in [5.41, 5.74) is 2.16. The molecule has 144 valence electrons. The van der Waals surface area contributed by atoms with Crippen molar-refractivity contribution >= 4 is 40.6 Å². The van der Waals surface area contributed by atoms with E-state index in [0.29, 0.717) is 28.8 Å². The Balaban J connectivity index is 1.84. The lowest BCUT2D eigenvalue weighted by Crippen LogP contribution is -2.29. The predicted octanol–water partition coefficient (Wildman–Crippen LogP) is 4.88. The highest BCUT2D eigenvalue weighted by molar-refractivity contribution is 8.18. The van der Waals surface area contributed by atoms with Gasteiger partial charge in [0.1, 0.15) is 0 Å². The van der Waals surface area contributed by atoms with Crippen LogP contribution < -0.4 is 0 Å². The van der Waals surface area contributed by atoms with Crippen LogP contribution in [0.1, 0.15) is 36.2 Å². The van der Waals surface area contributed by atoms with Crippen molar-refractivity contribution in [3.63, 3.8) is 0 Å². The average Bonchev–Trinajstić information content (AvgIpc) is 2.99. The van der Waals surface area contributed by atoms with Crippen molar-refractivity contribution in [2.75, 3.05) is 13.2 Å². The fourth-order valence-corrected chi connectivity index (χ4v) is 3.73. The van der Waals surface area contributed by atoms with Crippen LogP contribution >= 0.6 is 11.8 Å². The molecular formula is C22H22N2O3S. The van der Waals surface area contributed by atoms with Gasteiger partial charge in [-0.2, -0.15) is 0 Å². The number of hydrogen-bond donors (Lipinski definition) is 0. The first-order valence-electron chi connectivity index (χ1n) is 9.24. The van der Waals surface area contributed by atoms with Gasteiger partial charge in [0.25, 0.3) is 5.91 Å². The van der Waals surface area contributed by atoms with Gasteiger partial charge in [0.2, 0.25) is 0 Å². The first kappa shape index (κ1) is 19.9. The molecule has 1 heterocycles. The van der Waals surface area contributed by atoms with Crippen molar-refractivity contribution < 1.29 is 14.3 Å². The minimum Gasteiger partial charge on any atom is -0.462 e. The molecule has 5 nitrogen and oxygen atoms in total. The van der Waals surface area contributed by atoms with Gasteiger partial charge in [-0.1, -0.05) is 37.3 Å². The van der Waals surface area contributed by atoms with Gasteiger partial charge in [-0.3, -0.25) is 9.69 Å². The van der Waals surface area contributed by atoms with E-state index in [4.69, 9.17) is 4.74 Å². The Labute approximate surface area is 169 Å². The maximum absolute atomic E-state index is 12.8. The molecule has 0 N–H and O–H groups in total. The lowest BCUT2D eigenvalue weighted by Gasteiger charge is -2.13. The molecule has 0 saturated carbocycles. The highest BCUT2D eigenvalue weighted by Crippen LogP contribution is 2.34. The van der Waals surface area contributed by atoms with Gasteiger partial charge in [0.15, 0.2) is 5.17 Å². The number of para-hydroxylation sites is 1. The van der Waals surface area contributed by atoms with E-state index in [0.717, 1.165) is 17.7 Å². The smallest absolute Gasteiger partial charge is 0.338 e. The maximum atomic E-state index is 12.8. The number of nitrogens with zero attached hydrogens (tertiary/aromatic N) is 2. The first-order valence-corrected chi connectivity index (χ1v) is 10.1. The second-order valence-corrected chi connectivity index (χ2v) is 7.15. The molecule has 0 spiro atoms. The van der Waals surface area contributed by atoms with Crippen molar-refractivity contribution in [1.29, 1.82) is 0 Å². The number of aliphatic imine (C=N–C) groups is 1. The third-order valence-corrected chi connectivity index (χ3v) is 5.04. The molecule has 1 saturated heterocycles. The molecule has 0 bridgehead atoms. The maximum Gasteiger partial charge on any atom is 0.338 e. The molecule has 0 radical (unpaired) electrons. The highest BCUT2D eigenvalue weighted by Gasteiger charge is 2.32. The number of carbonyl (C=O) groups excluding carboxylic acids is 2. The fourth-order valence-electron chi connectivity index (χ4n) is 2.71. The predicted molar refractivity (Wildman–Crippen MR) is 114 cm³/mol. The van der Waals surface area contributed by atoms with Crippen LogP contribution in [0.4, 0.5) is 5.69 Å². The van der Waals surface area contributed by atoms with Crippen LogP contribution in [-0.4, -0.2) is 35.1 Å². The number of hydrogen-bond acceptors (Lipinski definition) is 5. The molecule has 1 aliphatic rings. The number of thioether (sulfide) groups is 1. The summed E-state index contributed by atoms with van der Waals surface area (Å²) in [7, 11) is 0. The standard InChI is InChI=1S/C22H22N2O3S/c1-3-14-24-20(25)19(28-22(24)23-18-8-6-5-7-9-18)15-16-10-12-17(13-11-16)21(26)27-4-2/h5-13,15H,3-4,14H2,1-2H3/b19-15-,23-22?. The van der Waals surface area contributed by atoms with E-state index in [2.05, 4.69) is 4.99 Å². The van der Waals surface area contributed by atoms with Crippen LogP contribution in [0.2, 0.25) is 0 Å². The Kier molecular flexibility index (Phi) is 6.66. The Bertz CT molecular complexity index is 905. The summed E-state index contributed by atoms with van der Waals surface area (Å²) < 4.78 is 4.99. The summed E-state index contributed by atoms with van der Waals surface area (Å²) in [4.78, 5) is 31.6. The summed E-state index contributed by atoms with van der Waals surface area (Å²) in [5, 5.41) is 0.687. The second-order valence-electron chi connectivity index (χ2n) is 6.14. The number of amidine groups is 1. The van der Waals surface area contributed by atoms with Crippen LogP contribution in [0.25, 0.3) is 6.08 Å². The van der Waals surface area contributed by atoms with E-state index in [9.17, 15) is 9.59 Å². The van der Waals surface area contributed by atoms with Crippen molar-refractivity contribution in [1.82, 2.24) is 4.90 Å². The summed E-state index contributed by atoms with van der Waals surface area (Å²) in [6, 6.07) is 16.6. The Hall–Kier alpha value is -2.86. The number of ether oxygens (including phenoxy) is 1. The molecule has 0 atom stereocenters. The molecule has 2 aromatic carbocycles. The molecule has 0 aliphatic carbocycles. The van der Waals surface area contributed by atoms with Gasteiger partial charge in [0, 0.05) is 6.54 Å². The topological polar surface area (TPSA) is 59.0 Å². The third-order valence-electron chi connectivity index (χ3n) is 4.04. The molecule has 28 heavy (non-hydrogen) atoms. The van der Waals surface area contributed by atoms with Gasteiger partial charge in [-0.15, -0.1) is 0 Å². The lowest BCUT2D eigenvalue weighted by molar-refractivity contribution is -0.122. The second kappa shape index (κ2) is 9.37. The Morgan fingerprint density at radius 1 is 1.11 bits per heavy atom.